The average Bonchev–Trinajstić information content (AvgIpc) is 2.34. The molecule has 0 unspecified atom stereocenters. The Kier molecular flexibility index (Phi) is 3.23. The van der Waals surface area contributed by atoms with Gasteiger partial charge < -0.3 is 10.4 Å². The third-order valence-electron chi connectivity index (χ3n) is 2.35. The van der Waals surface area contributed by atoms with Gasteiger partial charge in [-0.15, -0.1) is 0 Å². The number of fused-ring (bicyclic) bond motifs is 1. The van der Waals surface area contributed by atoms with Gasteiger partial charge in [0.15, 0.2) is 5.52 Å². The van der Waals surface area contributed by atoms with Crippen molar-refractivity contribution < 1.29 is 19.2 Å². The standard InChI is InChI=1S/C11H10N4O4/c1-7(16)6-10(17)12-11-13-15(19)9-5-3-2-4-8(9)14(11)18/h2-5H,6H2,1H3,(H,12,13,17). The molecule has 0 saturated carbocycles. The molecule has 98 valence electrons. The van der Waals surface area contributed by atoms with Crippen LogP contribution in [0.1, 0.15) is 13.3 Å². The van der Waals surface area contributed by atoms with Crippen LogP contribution in [0.5, 0.6) is 0 Å². The van der Waals surface area contributed by atoms with Crippen molar-refractivity contribution in [2.45, 2.75) is 13.3 Å². The van der Waals surface area contributed by atoms with E-state index in [1.165, 1.54) is 19.1 Å². The van der Waals surface area contributed by atoms with E-state index in [-0.39, 0.29) is 28.1 Å². The van der Waals surface area contributed by atoms with Gasteiger partial charge in [-0.2, -0.15) is 0 Å². The smallest absolute Gasteiger partial charge is 0.468 e. The fraction of sp³-hybridized carbons (Fsp3) is 0.182. The molecule has 0 spiro atoms. The maximum atomic E-state index is 11.9. The summed E-state index contributed by atoms with van der Waals surface area (Å²) in [5.74, 6) is -1.51. The van der Waals surface area contributed by atoms with E-state index in [1.54, 1.807) is 12.1 Å². The Hall–Kier alpha value is -2.77. The van der Waals surface area contributed by atoms with E-state index in [0.29, 0.717) is 4.73 Å². The highest BCUT2D eigenvalue weighted by molar-refractivity contribution is 6.02. The maximum absolute atomic E-state index is 11.9. The Bertz CT molecular complexity index is 671. The zero-order chi connectivity index (χ0) is 14.0. The number of nitrogens with one attached hydrogen (secondary N) is 1. The first-order chi connectivity index (χ1) is 8.99. The van der Waals surface area contributed by atoms with Crippen molar-refractivity contribution in [1.82, 2.24) is 5.10 Å². The van der Waals surface area contributed by atoms with Gasteiger partial charge in [0.05, 0.1) is 0 Å². The predicted molar refractivity (Wildman–Crippen MR) is 63.6 cm³/mol. The number of benzene rings is 1. The zero-order valence-electron chi connectivity index (χ0n) is 9.99. The molecule has 19 heavy (non-hydrogen) atoms. The van der Waals surface area contributed by atoms with Crippen molar-refractivity contribution in [3.63, 3.8) is 0 Å². The van der Waals surface area contributed by atoms with E-state index in [0.717, 1.165) is 0 Å². The molecule has 2 rings (SSSR count). The molecule has 1 aromatic carbocycles. The van der Waals surface area contributed by atoms with Crippen LogP contribution in [0, 0.1) is 10.4 Å². The van der Waals surface area contributed by atoms with Gasteiger partial charge in [-0.05, 0) is 13.0 Å². The van der Waals surface area contributed by atoms with Crippen LogP contribution in [0.2, 0.25) is 0 Å². The molecule has 1 aromatic heterocycles. The van der Waals surface area contributed by atoms with Gasteiger partial charge in [-0.3, -0.25) is 9.59 Å². The van der Waals surface area contributed by atoms with E-state index < -0.39 is 11.9 Å². The topological polar surface area (TPSA) is 113 Å². The largest absolute Gasteiger partial charge is 0.739 e. The second-order valence-electron chi connectivity index (χ2n) is 3.91. The van der Waals surface area contributed by atoms with Crippen molar-refractivity contribution in [1.29, 1.82) is 0 Å². The van der Waals surface area contributed by atoms with Gasteiger partial charge >= 0.3 is 5.95 Å². The molecule has 1 N–H and O–H groups in total. The van der Waals surface area contributed by atoms with Crippen LogP contribution in [-0.4, -0.2) is 16.8 Å². The first-order valence-electron chi connectivity index (χ1n) is 5.40. The molecule has 2 aromatic rings. The van der Waals surface area contributed by atoms with E-state index in [2.05, 4.69) is 10.4 Å². The van der Waals surface area contributed by atoms with Crippen LogP contribution in [0.15, 0.2) is 24.3 Å². The molecule has 0 bridgehead atoms. The second-order valence-corrected chi connectivity index (χ2v) is 3.91. The monoisotopic (exact) mass is 262 g/mol. The number of carbonyl (C=O) groups is 2. The minimum atomic E-state index is -0.695. The van der Waals surface area contributed by atoms with Gasteiger partial charge in [-0.25, -0.2) is 10.0 Å². The summed E-state index contributed by atoms with van der Waals surface area (Å²) in [6, 6.07) is 6.04. The first-order valence-corrected chi connectivity index (χ1v) is 5.40. The van der Waals surface area contributed by atoms with Gasteiger partial charge in [0, 0.05) is 10.9 Å². The summed E-state index contributed by atoms with van der Waals surface area (Å²) < 4.78 is 0.335. The lowest BCUT2D eigenvalue weighted by atomic mass is 10.3. The molecular formula is C11H10N4O4. The lowest BCUT2D eigenvalue weighted by Gasteiger charge is -2.08. The molecule has 0 aliphatic carbocycles. The summed E-state index contributed by atoms with van der Waals surface area (Å²) in [5.41, 5.74) is 0.160. The van der Waals surface area contributed by atoms with Crippen LogP contribution >= 0.6 is 0 Å². The number of hydrogen-bond donors (Lipinski definition) is 1. The summed E-state index contributed by atoms with van der Waals surface area (Å²) in [5, 5.41) is 29.0. The number of aromatic nitrogens is 3. The van der Waals surface area contributed by atoms with E-state index in [1.807, 2.05) is 0 Å². The number of para-hydroxylation sites is 2. The lowest BCUT2D eigenvalue weighted by Crippen LogP contribution is -2.45. The number of rotatable bonds is 3. The molecular weight excluding hydrogens is 252 g/mol. The average molecular weight is 262 g/mol. The van der Waals surface area contributed by atoms with Crippen LogP contribution < -0.4 is 14.9 Å². The number of Topliss-reactive ketones (excluding diaryl/α,β-unsaturated/α-hetero) is 1. The molecule has 0 fully saturated rings. The molecule has 1 heterocycles. The van der Waals surface area contributed by atoms with Crippen molar-refractivity contribution in [3.05, 3.63) is 34.7 Å². The third kappa shape index (κ3) is 2.57. The predicted octanol–water partition coefficient (Wildman–Crippen LogP) is -0.581. The van der Waals surface area contributed by atoms with E-state index in [4.69, 9.17) is 0 Å². The molecule has 0 atom stereocenters. The molecule has 0 radical (unpaired) electrons. The Labute approximate surface area is 107 Å². The Morgan fingerprint density at radius 1 is 1.26 bits per heavy atom. The summed E-state index contributed by atoms with van der Waals surface area (Å²) in [7, 11) is 0. The number of nitrogens with zero attached hydrogens (tertiary/aromatic N) is 3. The summed E-state index contributed by atoms with van der Waals surface area (Å²) in [4.78, 5) is 22.4. The fourth-order valence-corrected chi connectivity index (χ4v) is 1.56. The summed E-state index contributed by atoms with van der Waals surface area (Å²) in [6.07, 6.45) is -0.382. The molecule has 0 aliphatic rings. The van der Waals surface area contributed by atoms with Gasteiger partial charge in [0.1, 0.15) is 12.2 Å². The van der Waals surface area contributed by atoms with Crippen molar-refractivity contribution in [2.24, 2.45) is 0 Å². The quantitative estimate of drug-likeness (QED) is 0.451. The number of carbonyl (C=O) groups excluding carboxylic acids is 2. The van der Waals surface area contributed by atoms with Crippen LogP contribution in [0.4, 0.5) is 5.95 Å². The number of amides is 1. The zero-order valence-corrected chi connectivity index (χ0v) is 9.99. The Morgan fingerprint density at radius 2 is 1.89 bits per heavy atom. The number of hydrogen-bond acceptors (Lipinski definition) is 5. The number of anilines is 1. The Morgan fingerprint density at radius 3 is 2.53 bits per heavy atom. The normalized spacial score (nSPS) is 10.4. The van der Waals surface area contributed by atoms with Gasteiger partial charge in [0.25, 0.3) is 11.4 Å². The van der Waals surface area contributed by atoms with Crippen LogP contribution in [0.25, 0.3) is 11.0 Å². The highest BCUT2D eigenvalue weighted by Crippen LogP contribution is 2.05. The Balaban J connectivity index is 2.42. The van der Waals surface area contributed by atoms with Gasteiger partial charge in [0.2, 0.25) is 5.10 Å². The highest BCUT2D eigenvalue weighted by Gasteiger charge is 2.22. The van der Waals surface area contributed by atoms with E-state index in [9.17, 15) is 20.0 Å². The van der Waals surface area contributed by atoms with Crippen LogP contribution in [0.3, 0.4) is 0 Å². The SMILES string of the molecule is CC(=O)CC(=O)Nc1n[n+]([O-])c2ccccc2[n+]1[O-]. The summed E-state index contributed by atoms with van der Waals surface area (Å²) >= 11 is 0. The molecule has 1 amide bonds. The summed E-state index contributed by atoms with van der Waals surface area (Å²) in [6.45, 7) is 1.24. The van der Waals surface area contributed by atoms with Crippen molar-refractivity contribution in [2.75, 3.05) is 5.32 Å². The van der Waals surface area contributed by atoms with Gasteiger partial charge in [-0.1, -0.05) is 12.1 Å². The van der Waals surface area contributed by atoms with E-state index >= 15 is 0 Å². The fourth-order valence-electron chi connectivity index (χ4n) is 1.56. The third-order valence-corrected chi connectivity index (χ3v) is 2.35. The highest BCUT2D eigenvalue weighted by atomic mass is 16.5. The molecule has 8 nitrogen and oxygen atoms in total. The first kappa shape index (κ1) is 12.7. The molecule has 8 heteroatoms. The maximum Gasteiger partial charge on any atom is 0.468 e. The molecule has 0 saturated heterocycles. The van der Waals surface area contributed by atoms with Crippen molar-refractivity contribution >= 4 is 28.7 Å². The minimum Gasteiger partial charge on any atom is -0.739 e. The van der Waals surface area contributed by atoms with Crippen LogP contribution in [-0.2, 0) is 9.59 Å². The number of ketones is 1. The second kappa shape index (κ2) is 4.84. The molecule has 0 aliphatic heterocycles. The minimum absolute atomic E-state index is 0.0747. The lowest BCUT2D eigenvalue weighted by molar-refractivity contribution is -0.672. The van der Waals surface area contributed by atoms with Crippen molar-refractivity contribution in [3.8, 4) is 0 Å².